The lowest BCUT2D eigenvalue weighted by atomic mass is 10.00. The van der Waals surface area contributed by atoms with E-state index in [1.807, 2.05) is 24.3 Å². The summed E-state index contributed by atoms with van der Waals surface area (Å²) in [6.45, 7) is 0. The molecule has 3 nitrogen and oxygen atoms in total. The third-order valence-corrected chi connectivity index (χ3v) is 5.63. The molecule has 3 rings (SSSR count). The summed E-state index contributed by atoms with van der Waals surface area (Å²) >= 11 is 7.83. The van der Waals surface area contributed by atoms with E-state index in [0.29, 0.717) is 10.5 Å². The van der Waals surface area contributed by atoms with Gasteiger partial charge in [-0.2, -0.15) is 0 Å². The molecule has 0 spiro atoms. The van der Waals surface area contributed by atoms with Gasteiger partial charge in [0.15, 0.2) is 4.90 Å². The zero-order valence-corrected chi connectivity index (χ0v) is 16.4. The van der Waals surface area contributed by atoms with Gasteiger partial charge in [-0.25, -0.2) is 22.3 Å². The lowest BCUT2D eigenvalue weighted by molar-refractivity contribution is 0.520. The fourth-order valence-electron chi connectivity index (χ4n) is 2.58. The van der Waals surface area contributed by atoms with Gasteiger partial charge in [0.05, 0.1) is 0 Å². The fraction of sp³-hybridized carbons (Fsp3) is 0. The molecule has 0 aliphatic carbocycles. The molecule has 0 aliphatic rings. The Morgan fingerprint density at radius 1 is 0.846 bits per heavy atom. The molecule has 0 saturated heterocycles. The first-order chi connectivity index (χ1) is 12.2. The van der Waals surface area contributed by atoms with Crippen LogP contribution in [0, 0.1) is 11.6 Å². The van der Waals surface area contributed by atoms with E-state index in [0.717, 1.165) is 27.7 Å². The van der Waals surface area contributed by atoms with Crippen LogP contribution in [0.3, 0.4) is 0 Å². The van der Waals surface area contributed by atoms with Crippen LogP contribution in [0.1, 0.15) is 0 Å². The highest BCUT2D eigenvalue weighted by Gasteiger charge is 2.21. The SMILES string of the molecule is NS(=O)(=O)c1c(F)cc(-c2ccc(-c3ccc(Br)cc3)c(S)c2)cc1F. The largest absolute Gasteiger partial charge is 0.243 e. The molecule has 3 aromatic rings. The topological polar surface area (TPSA) is 60.2 Å². The summed E-state index contributed by atoms with van der Waals surface area (Å²) in [5, 5.41) is 4.84. The van der Waals surface area contributed by atoms with Crippen molar-refractivity contribution in [3.8, 4) is 22.3 Å². The molecule has 0 aromatic heterocycles. The van der Waals surface area contributed by atoms with Crippen molar-refractivity contribution in [2.24, 2.45) is 5.14 Å². The monoisotopic (exact) mass is 455 g/mol. The Hall–Kier alpha value is -1.74. The van der Waals surface area contributed by atoms with Gasteiger partial charge in [-0.05, 0) is 52.6 Å². The number of hydrogen-bond donors (Lipinski definition) is 2. The van der Waals surface area contributed by atoms with Crippen LogP contribution in [0.5, 0.6) is 0 Å². The Morgan fingerprint density at radius 3 is 1.88 bits per heavy atom. The Labute approximate surface area is 163 Å². The second-order valence-corrected chi connectivity index (χ2v) is 8.45. The van der Waals surface area contributed by atoms with Gasteiger partial charge in [-0.3, -0.25) is 0 Å². The van der Waals surface area contributed by atoms with Gasteiger partial charge in [0.2, 0.25) is 10.0 Å². The first-order valence-corrected chi connectivity index (χ1v) is 10.1. The highest BCUT2D eigenvalue weighted by molar-refractivity contribution is 9.10. The van der Waals surface area contributed by atoms with Crippen LogP contribution < -0.4 is 5.14 Å². The van der Waals surface area contributed by atoms with Crippen LogP contribution in [-0.4, -0.2) is 8.42 Å². The van der Waals surface area contributed by atoms with E-state index in [1.165, 1.54) is 0 Å². The number of rotatable bonds is 3. The maximum Gasteiger partial charge on any atom is 0.243 e. The summed E-state index contributed by atoms with van der Waals surface area (Å²) in [7, 11) is -4.49. The van der Waals surface area contributed by atoms with E-state index in [2.05, 4.69) is 28.6 Å². The first-order valence-electron chi connectivity index (χ1n) is 7.28. The number of primary sulfonamides is 1. The molecule has 0 bridgehead atoms. The van der Waals surface area contributed by atoms with E-state index in [9.17, 15) is 17.2 Å². The van der Waals surface area contributed by atoms with Crippen LogP contribution in [0.2, 0.25) is 0 Å². The van der Waals surface area contributed by atoms with Crippen LogP contribution >= 0.6 is 28.6 Å². The number of thiol groups is 1. The van der Waals surface area contributed by atoms with Gasteiger partial charge in [0.25, 0.3) is 0 Å². The molecule has 2 N–H and O–H groups in total. The van der Waals surface area contributed by atoms with Crippen LogP contribution in [-0.2, 0) is 10.0 Å². The van der Waals surface area contributed by atoms with Crippen molar-refractivity contribution in [2.75, 3.05) is 0 Å². The summed E-state index contributed by atoms with van der Waals surface area (Å²) in [5.74, 6) is -2.47. The van der Waals surface area contributed by atoms with Gasteiger partial charge < -0.3 is 0 Å². The molecule has 134 valence electrons. The van der Waals surface area contributed by atoms with Crippen molar-refractivity contribution >= 4 is 38.6 Å². The summed E-state index contributed by atoms with van der Waals surface area (Å²) in [4.78, 5) is -0.528. The minimum absolute atomic E-state index is 0.185. The molecule has 26 heavy (non-hydrogen) atoms. The fourth-order valence-corrected chi connectivity index (χ4v) is 3.85. The maximum absolute atomic E-state index is 14.1. The first kappa shape index (κ1) is 19.0. The highest BCUT2D eigenvalue weighted by atomic mass is 79.9. The molecule has 0 radical (unpaired) electrons. The van der Waals surface area contributed by atoms with Crippen molar-refractivity contribution in [3.05, 3.63) is 70.7 Å². The predicted molar refractivity (Wildman–Crippen MR) is 104 cm³/mol. The predicted octanol–water partition coefficient (Wildman–Crippen LogP) is 5.00. The van der Waals surface area contributed by atoms with Crippen LogP contribution in [0.25, 0.3) is 22.3 Å². The molecular formula is C18H12BrF2NO2S2. The summed E-state index contributed by atoms with van der Waals surface area (Å²) in [5.41, 5.74) is 2.47. The maximum atomic E-state index is 14.1. The summed E-state index contributed by atoms with van der Waals surface area (Å²) < 4.78 is 51.6. The molecule has 0 heterocycles. The second-order valence-electron chi connectivity index (χ2n) is 5.55. The zero-order chi connectivity index (χ0) is 19.1. The third-order valence-electron chi connectivity index (χ3n) is 3.77. The average Bonchev–Trinajstić information content (AvgIpc) is 2.53. The Balaban J connectivity index is 2.06. The van der Waals surface area contributed by atoms with Gasteiger partial charge >= 0.3 is 0 Å². The Kier molecular flexibility index (Phi) is 5.21. The molecule has 0 aliphatic heterocycles. The molecule has 8 heteroatoms. The summed E-state index contributed by atoms with van der Waals surface area (Å²) in [6, 6.07) is 14.6. The summed E-state index contributed by atoms with van der Waals surface area (Å²) in [6.07, 6.45) is 0. The third kappa shape index (κ3) is 3.83. The van der Waals surface area contributed by atoms with E-state index in [-0.39, 0.29) is 5.56 Å². The van der Waals surface area contributed by atoms with Gasteiger partial charge in [-0.15, -0.1) is 12.6 Å². The second kappa shape index (κ2) is 7.11. The molecule has 0 atom stereocenters. The van der Waals surface area contributed by atoms with Crippen molar-refractivity contribution in [1.29, 1.82) is 0 Å². The lowest BCUT2D eigenvalue weighted by Gasteiger charge is -2.10. The molecule has 0 saturated carbocycles. The highest BCUT2D eigenvalue weighted by Crippen LogP contribution is 2.33. The molecular weight excluding hydrogens is 444 g/mol. The molecule has 0 unspecified atom stereocenters. The molecule has 0 fully saturated rings. The van der Waals surface area contributed by atoms with E-state index in [4.69, 9.17) is 5.14 Å². The van der Waals surface area contributed by atoms with E-state index in [1.54, 1.807) is 18.2 Å². The number of hydrogen-bond acceptors (Lipinski definition) is 3. The number of benzene rings is 3. The molecule has 0 amide bonds. The minimum atomic E-state index is -4.49. The number of nitrogens with two attached hydrogens (primary N) is 1. The Bertz CT molecular complexity index is 1080. The quantitative estimate of drug-likeness (QED) is 0.546. The average molecular weight is 456 g/mol. The smallest absolute Gasteiger partial charge is 0.224 e. The van der Waals surface area contributed by atoms with E-state index < -0.39 is 26.6 Å². The van der Waals surface area contributed by atoms with Gasteiger partial charge in [-0.1, -0.05) is 40.2 Å². The van der Waals surface area contributed by atoms with E-state index >= 15 is 0 Å². The molecule has 3 aromatic carbocycles. The normalized spacial score (nSPS) is 11.6. The number of sulfonamides is 1. The Morgan fingerprint density at radius 2 is 1.38 bits per heavy atom. The zero-order valence-electron chi connectivity index (χ0n) is 13.1. The standard InChI is InChI=1S/C18H12BrF2NO2S2/c19-13-4-1-10(2-5-13)14-6-3-11(9-17(14)25)12-7-15(20)18(16(21)8-12)26(22,23)24/h1-9,25H,(H2,22,23,24). The van der Waals surface area contributed by atoms with Crippen molar-refractivity contribution in [1.82, 2.24) is 0 Å². The van der Waals surface area contributed by atoms with Crippen molar-refractivity contribution in [3.63, 3.8) is 0 Å². The van der Waals surface area contributed by atoms with Gasteiger partial charge in [0, 0.05) is 9.37 Å². The van der Waals surface area contributed by atoms with Gasteiger partial charge in [0.1, 0.15) is 11.6 Å². The van der Waals surface area contributed by atoms with Crippen molar-refractivity contribution < 1.29 is 17.2 Å². The van der Waals surface area contributed by atoms with Crippen LogP contribution in [0.15, 0.2) is 68.9 Å². The lowest BCUT2D eigenvalue weighted by Crippen LogP contribution is -2.16. The van der Waals surface area contributed by atoms with Crippen molar-refractivity contribution in [2.45, 2.75) is 9.79 Å². The number of halogens is 3. The minimum Gasteiger partial charge on any atom is -0.224 e. The van der Waals surface area contributed by atoms with Crippen LogP contribution in [0.4, 0.5) is 8.78 Å².